The predicted molar refractivity (Wildman–Crippen MR) is 289 cm³/mol. The summed E-state index contributed by atoms with van der Waals surface area (Å²) in [6.07, 6.45) is 68.1. The third-order valence-corrected chi connectivity index (χ3v) is 12.9. The van der Waals surface area contributed by atoms with Crippen molar-refractivity contribution in [3.63, 3.8) is 0 Å². The summed E-state index contributed by atoms with van der Waals surface area (Å²) in [5.74, 6) is -0.876. The summed E-state index contributed by atoms with van der Waals surface area (Å²) in [7, 11) is 0. The van der Waals surface area contributed by atoms with Crippen molar-refractivity contribution >= 4 is 17.9 Å². The highest BCUT2D eigenvalue weighted by Crippen LogP contribution is 2.16. The van der Waals surface area contributed by atoms with Crippen molar-refractivity contribution in [1.29, 1.82) is 0 Å². The lowest BCUT2D eigenvalue weighted by Crippen LogP contribution is -2.30. The lowest BCUT2D eigenvalue weighted by atomic mass is 10.0. The first-order valence-corrected chi connectivity index (χ1v) is 29.2. The van der Waals surface area contributed by atoms with E-state index in [9.17, 15) is 14.4 Å². The van der Waals surface area contributed by atoms with E-state index >= 15 is 0 Å². The summed E-state index contributed by atoms with van der Waals surface area (Å²) in [5.41, 5.74) is 0. The van der Waals surface area contributed by atoms with E-state index in [1.807, 2.05) is 0 Å². The van der Waals surface area contributed by atoms with Gasteiger partial charge in [0.25, 0.3) is 0 Å². The molecule has 0 saturated heterocycles. The van der Waals surface area contributed by atoms with Crippen LogP contribution in [0.5, 0.6) is 0 Å². The minimum atomic E-state index is -0.778. The van der Waals surface area contributed by atoms with E-state index in [4.69, 9.17) is 14.2 Å². The van der Waals surface area contributed by atoms with Gasteiger partial charge in [0.15, 0.2) is 6.10 Å². The molecule has 390 valence electrons. The molecule has 0 saturated carbocycles. The van der Waals surface area contributed by atoms with E-state index in [1.165, 1.54) is 199 Å². The number of esters is 3. The number of allylic oxidation sites excluding steroid dienone is 8. The molecule has 67 heavy (non-hydrogen) atoms. The number of hydrogen-bond donors (Lipinski definition) is 0. The Balaban J connectivity index is 4.35. The molecule has 6 nitrogen and oxygen atoms in total. The van der Waals surface area contributed by atoms with Gasteiger partial charge < -0.3 is 14.2 Å². The van der Waals surface area contributed by atoms with Crippen LogP contribution in [0.25, 0.3) is 0 Å². The Morgan fingerprint density at radius 1 is 0.299 bits per heavy atom. The maximum absolute atomic E-state index is 12.8. The highest BCUT2D eigenvalue weighted by atomic mass is 16.6. The molecule has 0 bridgehead atoms. The van der Waals surface area contributed by atoms with Gasteiger partial charge in [0, 0.05) is 19.3 Å². The van der Waals surface area contributed by atoms with Crippen molar-refractivity contribution in [3.8, 4) is 0 Å². The predicted octanol–water partition coefficient (Wildman–Crippen LogP) is 19.4. The molecule has 0 N–H and O–H groups in total. The zero-order valence-corrected chi connectivity index (χ0v) is 44.7. The summed E-state index contributed by atoms with van der Waals surface area (Å²) in [5, 5.41) is 0. The SMILES string of the molecule is CCCCC/C=C\C=C/CCCCCCCCCCCCC(=O)OCC(COC(=O)CCCCCCCCCCCCCCCCC)OC(=O)CCCCCCCC/C=C\C=C/CCCCC. The van der Waals surface area contributed by atoms with Gasteiger partial charge in [0.1, 0.15) is 13.2 Å². The summed E-state index contributed by atoms with van der Waals surface area (Å²) in [6, 6.07) is 0. The molecular weight excluding hydrogens is 829 g/mol. The fourth-order valence-electron chi connectivity index (χ4n) is 8.43. The van der Waals surface area contributed by atoms with Gasteiger partial charge in [-0.15, -0.1) is 0 Å². The largest absolute Gasteiger partial charge is 0.462 e. The Kier molecular flexibility index (Phi) is 53.8. The Hall–Kier alpha value is -2.63. The second kappa shape index (κ2) is 56.0. The summed E-state index contributed by atoms with van der Waals surface area (Å²) >= 11 is 0. The van der Waals surface area contributed by atoms with Gasteiger partial charge in [-0.05, 0) is 70.6 Å². The van der Waals surface area contributed by atoms with Crippen LogP contribution in [0.1, 0.15) is 303 Å². The van der Waals surface area contributed by atoms with Gasteiger partial charge in [-0.2, -0.15) is 0 Å². The number of carbonyl (C=O) groups excluding carboxylic acids is 3. The van der Waals surface area contributed by atoms with Crippen molar-refractivity contribution in [2.24, 2.45) is 0 Å². The maximum Gasteiger partial charge on any atom is 0.306 e. The van der Waals surface area contributed by atoms with Crippen LogP contribution in [0.2, 0.25) is 0 Å². The summed E-state index contributed by atoms with van der Waals surface area (Å²) in [4.78, 5) is 38.2. The summed E-state index contributed by atoms with van der Waals surface area (Å²) in [6.45, 7) is 6.61. The second-order valence-electron chi connectivity index (χ2n) is 19.6. The highest BCUT2D eigenvalue weighted by Gasteiger charge is 2.19. The van der Waals surface area contributed by atoms with Gasteiger partial charge in [-0.3, -0.25) is 14.4 Å². The third-order valence-electron chi connectivity index (χ3n) is 12.9. The van der Waals surface area contributed by atoms with Crippen molar-refractivity contribution < 1.29 is 28.6 Å². The molecular formula is C61H110O6. The molecule has 0 aliphatic heterocycles. The van der Waals surface area contributed by atoms with Crippen LogP contribution >= 0.6 is 0 Å². The van der Waals surface area contributed by atoms with Crippen molar-refractivity contribution in [2.75, 3.05) is 13.2 Å². The zero-order chi connectivity index (χ0) is 48.6. The van der Waals surface area contributed by atoms with Gasteiger partial charge in [-0.1, -0.05) is 262 Å². The molecule has 1 unspecified atom stereocenters. The van der Waals surface area contributed by atoms with Crippen LogP contribution in [0.4, 0.5) is 0 Å². The van der Waals surface area contributed by atoms with Crippen molar-refractivity contribution in [3.05, 3.63) is 48.6 Å². The van der Waals surface area contributed by atoms with E-state index in [2.05, 4.69) is 69.4 Å². The Morgan fingerprint density at radius 2 is 0.522 bits per heavy atom. The van der Waals surface area contributed by atoms with Crippen LogP contribution in [0.3, 0.4) is 0 Å². The van der Waals surface area contributed by atoms with E-state index in [0.29, 0.717) is 19.3 Å². The van der Waals surface area contributed by atoms with E-state index < -0.39 is 6.10 Å². The molecule has 0 aromatic rings. The maximum atomic E-state index is 12.8. The highest BCUT2D eigenvalue weighted by molar-refractivity contribution is 5.71. The first kappa shape index (κ1) is 64.4. The molecule has 0 fully saturated rings. The number of rotatable bonds is 53. The quantitative estimate of drug-likeness (QED) is 0.0262. The fourth-order valence-corrected chi connectivity index (χ4v) is 8.43. The third kappa shape index (κ3) is 54.2. The van der Waals surface area contributed by atoms with Crippen LogP contribution in [-0.4, -0.2) is 37.2 Å². The first-order chi connectivity index (χ1) is 33.0. The molecule has 0 heterocycles. The fraction of sp³-hybridized carbons (Fsp3) is 0.820. The molecule has 0 radical (unpaired) electrons. The van der Waals surface area contributed by atoms with Crippen LogP contribution in [0.15, 0.2) is 48.6 Å². The van der Waals surface area contributed by atoms with Crippen LogP contribution < -0.4 is 0 Å². The van der Waals surface area contributed by atoms with Gasteiger partial charge in [-0.25, -0.2) is 0 Å². The van der Waals surface area contributed by atoms with Crippen LogP contribution in [0, 0.1) is 0 Å². The number of ether oxygens (including phenoxy) is 3. The molecule has 0 aromatic carbocycles. The minimum absolute atomic E-state index is 0.0758. The number of unbranched alkanes of at least 4 members (excludes halogenated alkanes) is 36. The molecule has 0 aliphatic rings. The van der Waals surface area contributed by atoms with Gasteiger partial charge in [0.2, 0.25) is 0 Å². The average molecular weight is 940 g/mol. The lowest BCUT2D eigenvalue weighted by molar-refractivity contribution is -0.167. The van der Waals surface area contributed by atoms with Crippen molar-refractivity contribution in [1.82, 2.24) is 0 Å². The smallest absolute Gasteiger partial charge is 0.306 e. The topological polar surface area (TPSA) is 78.9 Å². The Morgan fingerprint density at radius 3 is 0.821 bits per heavy atom. The molecule has 0 aliphatic carbocycles. The van der Waals surface area contributed by atoms with Crippen molar-refractivity contribution in [2.45, 2.75) is 309 Å². The molecule has 0 spiro atoms. The summed E-state index contributed by atoms with van der Waals surface area (Å²) < 4.78 is 16.9. The average Bonchev–Trinajstić information content (AvgIpc) is 3.33. The Bertz CT molecular complexity index is 1170. The molecule has 0 aromatic heterocycles. The first-order valence-electron chi connectivity index (χ1n) is 29.2. The van der Waals surface area contributed by atoms with Crippen LogP contribution in [-0.2, 0) is 28.6 Å². The monoisotopic (exact) mass is 939 g/mol. The standard InChI is InChI=1S/C61H110O6/c1-4-7-10-13-16-19-22-25-28-29-30-31-34-36-39-42-45-48-51-54-60(63)66-57-58(67-61(64)55-52-49-46-43-40-37-33-27-24-21-18-15-12-9-6-3)56-65-59(62)53-50-47-44-41-38-35-32-26-23-20-17-14-11-8-5-2/h16,18-19,21-22,24-25,27,58H,4-15,17,20,23,26,28-57H2,1-3H3/b19-16-,21-18-,25-22-,27-24-. The minimum Gasteiger partial charge on any atom is -0.462 e. The van der Waals surface area contributed by atoms with E-state index in [1.54, 1.807) is 0 Å². The van der Waals surface area contributed by atoms with Gasteiger partial charge in [0.05, 0.1) is 0 Å². The normalized spacial score (nSPS) is 12.3. The number of hydrogen-bond acceptors (Lipinski definition) is 6. The molecule has 0 rings (SSSR count). The zero-order valence-electron chi connectivity index (χ0n) is 44.7. The molecule has 6 heteroatoms. The molecule has 1 atom stereocenters. The second-order valence-corrected chi connectivity index (χ2v) is 19.6. The lowest BCUT2D eigenvalue weighted by Gasteiger charge is -2.18. The van der Waals surface area contributed by atoms with E-state index in [0.717, 1.165) is 64.2 Å². The van der Waals surface area contributed by atoms with Gasteiger partial charge >= 0.3 is 17.9 Å². The van der Waals surface area contributed by atoms with E-state index in [-0.39, 0.29) is 31.1 Å². The molecule has 0 amide bonds. The number of carbonyl (C=O) groups is 3. The Labute approximate surface area is 416 Å².